The van der Waals surface area contributed by atoms with Crippen molar-refractivity contribution in [1.82, 2.24) is 0 Å². The van der Waals surface area contributed by atoms with Crippen LogP contribution in [0.4, 0.5) is 5.69 Å². The molecule has 0 saturated heterocycles. The van der Waals surface area contributed by atoms with Crippen LogP contribution in [0, 0.1) is 0 Å². The SMILES string of the molecule is CC(C)c1cccc(C(C)C)c1Cc1cc(Oc2c(-c3ccccc3)cccc2-c2ccccc2)c2c3ccc4c5c(cc(Oc6c(-c7ccccc7)cccc6-c6ccccc6)c(c6ccc(C(N)=O)c1c62)c53)C(=O)N(c1c(C(C)C)cccc1C(C)C)C4=O. The maximum absolute atomic E-state index is 16.4. The van der Waals surface area contributed by atoms with Gasteiger partial charge in [0.05, 0.1) is 11.3 Å². The van der Waals surface area contributed by atoms with E-state index in [-0.39, 0.29) is 23.7 Å². The number of imide groups is 1. The number of nitrogens with two attached hydrogens (primary N) is 1. The minimum absolute atomic E-state index is 0.0216. The van der Waals surface area contributed by atoms with Gasteiger partial charge in [0, 0.05) is 60.3 Å². The minimum Gasteiger partial charge on any atom is -0.455 e. The van der Waals surface area contributed by atoms with E-state index in [9.17, 15) is 4.79 Å². The molecule has 0 bridgehead atoms. The molecule has 0 unspecified atom stereocenters. The molecule has 0 saturated carbocycles. The average Bonchev–Trinajstić information content (AvgIpc) is 0.687. The summed E-state index contributed by atoms with van der Waals surface area (Å²) in [5, 5.41) is 5.35. The molecule has 91 heavy (non-hydrogen) atoms. The van der Waals surface area contributed by atoms with Gasteiger partial charge >= 0.3 is 0 Å². The number of benzene rings is 13. The molecule has 13 aromatic rings. The molecule has 0 aromatic heterocycles. The molecule has 0 radical (unpaired) electrons. The summed E-state index contributed by atoms with van der Waals surface area (Å²) in [5.41, 5.74) is 21.8. The summed E-state index contributed by atoms with van der Waals surface area (Å²) in [7, 11) is 0. The Morgan fingerprint density at radius 3 is 1.16 bits per heavy atom. The highest BCUT2D eigenvalue weighted by Gasteiger charge is 2.40. The molecular weight excluding hydrogens is 1120 g/mol. The zero-order valence-corrected chi connectivity index (χ0v) is 52.5. The van der Waals surface area contributed by atoms with Gasteiger partial charge in [-0.2, -0.15) is 0 Å². The molecule has 14 rings (SSSR count). The molecule has 13 aromatic carbocycles. The van der Waals surface area contributed by atoms with E-state index in [4.69, 9.17) is 15.2 Å². The number of ether oxygens (including phenoxy) is 2. The van der Waals surface area contributed by atoms with Crippen LogP contribution in [-0.4, -0.2) is 17.7 Å². The topological polar surface area (TPSA) is 98.9 Å². The molecule has 2 N–H and O–H groups in total. The van der Waals surface area contributed by atoms with Crippen LogP contribution in [0.2, 0.25) is 0 Å². The third-order valence-electron chi connectivity index (χ3n) is 18.5. The fourth-order valence-electron chi connectivity index (χ4n) is 14.3. The van der Waals surface area contributed by atoms with Crippen molar-refractivity contribution in [1.29, 1.82) is 0 Å². The number of fused-ring (bicyclic) bond motifs is 2. The summed E-state index contributed by atoms with van der Waals surface area (Å²) >= 11 is 0. The van der Waals surface area contributed by atoms with Crippen LogP contribution in [0.1, 0.15) is 144 Å². The predicted molar refractivity (Wildman–Crippen MR) is 374 cm³/mol. The molecule has 0 atom stereocenters. The van der Waals surface area contributed by atoms with Gasteiger partial charge in [0.15, 0.2) is 0 Å². The van der Waals surface area contributed by atoms with E-state index >= 15 is 9.59 Å². The molecule has 1 aliphatic heterocycles. The molecule has 446 valence electrons. The lowest BCUT2D eigenvalue weighted by molar-refractivity contribution is 0.0891. The van der Waals surface area contributed by atoms with Gasteiger partial charge < -0.3 is 15.2 Å². The second kappa shape index (κ2) is 23.4. The molecule has 0 spiro atoms. The quantitative estimate of drug-likeness (QED) is 0.0590. The predicted octanol–water partition coefficient (Wildman–Crippen LogP) is 22.0. The normalized spacial score (nSPS) is 12.5. The Hall–Kier alpha value is -10.6. The van der Waals surface area contributed by atoms with E-state index in [2.05, 4.69) is 159 Å². The largest absolute Gasteiger partial charge is 0.455 e. The van der Waals surface area contributed by atoms with Gasteiger partial charge in [-0.15, -0.1) is 0 Å². The lowest BCUT2D eigenvalue weighted by Gasteiger charge is -2.33. The number of amides is 3. The highest BCUT2D eigenvalue weighted by Crippen LogP contribution is 2.56. The zero-order chi connectivity index (χ0) is 62.9. The highest BCUT2D eigenvalue weighted by molar-refractivity contribution is 6.44. The van der Waals surface area contributed by atoms with Crippen LogP contribution in [0.25, 0.3) is 87.6 Å². The second-order valence-corrected chi connectivity index (χ2v) is 25.4. The smallest absolute Gasteiger partial charge is 0.266 e. The third kappa shape index (κ3) is 9.87. The summed E-state index contributed by atoms with van der Waals surface area (Å²) in [6, 6.07) is 77.8. The highest BCUT2D eigenvalue weighted by atomic mass is 16.5. The van der Waals surface area contributed by atoms with Crippen molar-refractivity contribution in [3.05, 3.63) is 281 Å². The summed E-state index contributed by atoms with van der Waals surface area (Å²) in [6.45, 7) is 17.3. The Morgan fingerprint density at radius 1 is 0.374 bits per heavy atom. The fraction of sp³-hybridized carbons (Fsp3) is 0.155. The van der Waals surface area contributed by atoms with Crippen molar-refractivity contribution in [2.75, 3.05) is 4.90 Å². The molecule has 0 fully saturated rings. The van der Waals surface area contributed by atoms with Crippen molar-refractivity contribution in [3.8, 4) is 67.5 Å². The van der Waals surface area contributed by atoms with E-state index < -0.39 is 17.7 Å². The molecule has 0 aliphatic carbocycles. The van der Waals surface area contributed by atoms with Gasteiger partial charge in [-0.3, -0.25) is 14.4 Å². The number of anilines is 1. The number of primary amides is 1. The van der Waals surface area contributed by atoms with Crippen molar-refractivity contribution < 1.29 is 23.9 Å². The van der Waals surface area contributed by atoms with Gasteiger partial charge in [-0.1, -0.05) is 262 Å². The van der Waals surface area contributed by atoms with Crippen molar-refractivity contribution in [2.45, 2.75) is 85.5 Å². The summed E-state index contributed by atoms with van der Waals surface area (Å²) in [5.74, 6) is 0.984. The maximum Gasteiger partial charge on any atom is 0.266 e. The Bertz CT molecular complexity index is 4860. The lowest BCUT2D eigenvalue weighted by atomic mass is 9.80. The van der Waals surface area contributed by atoms with Crippen molar-refractivity contribution >= 4 is 66.5 Å². The average molecular weight is 1190 g/mol. The van der Waals surface area contributed by atoms with Crippen LogP contribution in [0.3, 0.4) is 0 Å². The van der Waals surface area contributed by atoms with Gasteiger partial charge in [0.25, 0.3) is 11.8 Å². The van der Waals surface area contributed by atoms with E-state index in [0.29, 0.717) is 84.1 Å². The Kier molecular flexibility index (Phi) is 14.9. The summed E-state index contributed by atoms with van der Waals surface area (Å²) in [6.07, 6.45) is 0.439. The first-order valence-electron chi connectivity index (χ1n) is 31.7. The van der Waals surface area contributed by atoms with Crippen LogP contribution in [0.15, 0.2) is 231 Å². The third-order valence-corrected chi connectivity index (χ3v) is 18.5. The fourth-order valence-corrected chi connectivity index (χ4v) is 14.3. The number of rotatable bonds is 16. The lowest BCUT2D eigenvalue weighted by Crippen LogP contribution is -2.41. The van der Waals surface area contributed by atoms with Gasteiger partial charge in [0.1, 0.15) is 23.0 Å². The first kappa shape index (κ1) is 58.1. The Morgan fingerprint density at radius 2 is 0.747 bits per heavy atom. The van der Waals surface area contributed by atoms with Crippen LogP contribution >= 0.6 is 0 Å². The molecule has 1 aliphatic rings. The zero-order valence-electron chi connectivity index (χ0n) is 52.5. The van der Waals surface area contributed by atoms with Crippen molar-refractivity contribution in [3.63, 3.8) is 0 Å². The van der Waals surface area contributed by atoms with E-state index in [1.165, 1.54) is 21.6 Å². The number of nitrogens with zero attached hydrogens (tertiary/aromatic N) is 1. The van der Waals surface area contributed by atoms with E-state index in [0.717, 1.165) is 72.0 Å². The number of para-hydroxylation sites is 3. The Labute approximate surface area is 531 Å². The second-order valence-electron chi connectivity index (χ2n) is 25.4. The van der Waals surface area contributed by atoms with Crippen LogP contribution < -0.4 is 20.1 Å². The minimum atomic E-state index is -0.579. The Balaban J connectivity index is 1.17. The van der Waals surface area contributed by atoms with Crippen LogP contribution in [-0.2, 0) is 6.42 Å². The monoisotopic (exact) mass is 1190 g/mol. The number of hydrogen-bond donors (Lipinski definition) is 1. The van der Waals surface area contributed by atoms with E-state index in [1.807, 2.05) is 127 Å². The molecule has 7 heteroatoms. The number of carbonyl (C=O) groups is 3. The van der Waals surface area contributed by atoms with Gasteiger partial charge in [-0.05, 0) is 126 Å². The molecule has 1 heterocycles. The summed E-state index contributed by atoms with van der Waals surface area (Å²) < 4.78 is 15.7. The number of carbonyl (C=O) groups excluding carboxylic acids is 3. The number of hydrogen-bond acceptors (Lipinski definition) is 5. The maximum atomic E-state index is 16.4. The first-order valence-corrected chi connectivity index (χ1v) is 31.7. The van der Waals surface area contributed by atoms with Gasteiger partial charge in [-0.25, -0.2) is 4.90 Å². The first-order chi connectivity index (χ1) is 44.2. The molecular formula is C84H70N2O5. The van der Waals surface area contributed by atoms with E-state index in [1.54, 1.807) is 0 Å². The van der Waals surface area contributed by atoms with Gasteiger partial charge in [0.2, 0.25) is 5.91 Å². The molecule has 3 amide bonds. The molecule has 7 nitrogen and oxygen atoms in total. The van der Waals surface area contributed by atoms with Crippen molar-refractivity contribution in [2.24, 2.45) is 5.73 Å². The van der Waals surface area contributed by atoms with Crippen LogP contribution in [0.5, 0.6) is 23.0 Å². The standard InChI is InChI=1S/C84H70N2O5/c1-48(2)57-33-21-34-58(49(3)4)69(57)45-56-46-71(90-80-61(52-25-13-9-14-26-52)37-23-38-62(80)53-27-15-10-16-28-53)75-66-42-44-68-74-70(84(89)86(83(68)88)79-59(50(5)6)35-22-36-60(79)51(7)8)47-72(76(78(66)74)65-41-43-67(82(85)87)73(56)77(65)75)91-81-63(54-29-17-11-18-30-54)39-24-40-64(81)55-31-19-12-20-32-55/h9-44,46-51H,45H2,1-8H3,(H2,85,87). The summed E-state index contributed by atoms with van der Waals surface area (Å²) in [4.78, 5) is 48.4.